The lowest BCUT2D eigenvalue weighted by atomic mass is 9.64. The third-order valence-corrected chi connectivity index (χ3v) is 4.14. The summed E-state index contributed by atoms with van der Waals surface area (Å²) < 4.78 is 0. The molecule has 0 aromatic heterocycles. The zero-order valence-electron chi connectivity index (χ0n) is 11.1. The summed E-state index contributed by atoms with van der Waals surface area (Å²) in [7, 11) is 1.50. The first kappa shape index (κ1) is 14.0. The standard InChI is InChI=1S/C13H23NO3/c1-8-5-9(2)7-10(6-8)13(3,12(16)17)11(15)14-4/h8-10H,5-7H2,1-4H3,(H,14,15)(H,16,17). The maximum absolute atomic E-state index is 11.9. The molecule has 3 unspecified atom stereocenters. The summed E-state index contributed by atoms with van der Waals surface area (Å²) in [6, 6.07) is 0. The predicted molar refractivity (Wildman–Crippen MR) is 65.5 cm³/mol. The molecule has 2 N–H and O–H groups in total. The molecule has 1 aliphatic rings. The van der Waals surface area contributed by atoms with Gasteiger partial charge in [-0.2, -0.15) is 0 Å². The topological polar surface area (TPSA) is 66.4 Å². The first-order valence-electron chi connectivity index (χ1n) is 6.27. The van der Waals surface area contributed by atoms with Crippen LogP contribution < -0.4 is 5.32 Å². The number of carbonyl (C=O) groups excluding carboxylic acids is 1. The molecule has 1 aliphatic carbocycles. The molecule has 0 radical (unpaired) electrons. The summed E-state index contributed by atoms with van der Waals surface area (Å²) in [5.74, 6) is -0.475. The fourth-order valence-corrected chi connectivity index (χ4v) is 3.14. The minimum Gasteiger partial charge on any atom is -0.480 e. The first-order valence-corrected chi connectivity index (χ1v) is 6.27. The molecular weight excluding hydrogens is 218 g/mol. The third kappa shape index (κ3) is 2.61. The van der Waals surface area contributed by atoms with Crippen molar-refractivity contribution in [3.63, 3.8) is 0 Å². The molecule has 0 aromatic rings. The highest BCUT2D eigenvalue weighted by atomic mass is 16.4. The van der Waals surface area contributed by atoms with Crippen LogP contribution in [-0.2, 0) is 9.59 Å². The number of aliphatic carboxylic acids is 1. The number of carboxylic acids is 1. The zero-order chi connectivity index (χ0) is 13.2. The van der Waals surface area contributed by atoms with Crippen molar-refractivity contribution in [1.29, 1.82) is 0 Å². The summed E-state index contributed by atoms with van der Waals surface area (Å²) in [6.07, 6.45) is 2.76. The third-order valence-electron chi connectivity index (χ3n) is 4.14. The molecular formula is C13H23NO3. The highest BCUT2D eigenvalue weighted by molar-refractivity contribution is 6.01. The highest BCUT2D eigenvalue weighted by Gasteiger charge is 2.49. The average molecular weight is 241 g/mol. The number of nitrogens with one attached hydrogen (secondary N) is 1. The van der Waals surface area contributed by atoms with Crippen molar-refractivity contribution in [1.82, 2.24) is 5.32 Å². The number of hydrogen-bond acceptors (Lipinski definition) is 2. The van der Waals surface area contributed by atoms with Crippen LogP contribution in [0.4, 0.5) is 0 Å². The van der Waals surface area contributed by atoms with Crippen molar-refractivity contribution in [2.24, 2.45) is 23.2 Å². The Labute approximate surface area is 103 Å². The molecule has 0 spiro atoms. The van der Waals surface area contributed by atoms with E-state index in [0.717, 1.165) is 19.3 Å². The normalized spacial score (nSPS) is 32.6. The Morgan fingerprint density at radius 3 is 2.00 bits per heavy atom. The quantitative estimate of drug-likeness (QED) is 0.742. The molecule has 4 nitrogen and oxygen atoms in total. The molecule has 3 atom stereocenters. The van der Waals surface area contributed by atoms with Gasteiger partial charge in [0.05, 0.1) is 0 Å². The summed E-state index contributed by atoms with van der Waals surface area (Å²) in [4.78, 5) is 23.4. The fraction of sp³-hybridized carbons (Fsp3) is 0.846. The van der Waals surface area contributed by atoms with Crippen LogP contribution in [0.15, 0.2) is 0 Å². The molecule has 1 amide bonds. The number of amides is 1. The number of carbonyl (C=O) groups is 2. The van der Waals surface area contributed by atoms with Crippen LogP contribution in [0.3, 0.4) is 0 Å². The molecule has 1 rings (SSSR count). The van der Waals surface area contributed by atoms with Gasteiger partial charge in [-0.1, -0.05) is 13.8 Å². The second kappa shape index (κ2) is 5.07. The van der Waals surface area contributed by atoms with Crippen LogP contribution in [0.1, 0.15) is 40.0 Å². The molecule has 0 heterocycles. The average Bonchev–Trinajstić information content (AvgIpc) is 2.25. The Morgan fingerprint density at radius 1 is 1.18 bits per heavy atom. The van der Waals surface area contributed by atoms with E-state index in [1.807, 2.05) is 0 Å². The summed E-state index contributed by atoms with van der Waals surface area (Å²) in [6.45, 7) is 5.83. The summed E-state index contributed by atoms with van der Waals surface area (Å²) in [5.41, 5.74) is -1.29. The van der Waals surface area contributed by atoms with Crippen LogP contribution in [-0.4, -0.2) is 24.0 Å². The molecule has 0 bridgehead atoms. The minimum absolute atomic E-state index is 0.0706. The van der Waals surface area contributed by atoms with Gasteiger partial charge in [0, 0.05) is 7.05 Å². The van der Waals surface area contributed by atoms with Gasteiger partial charge in [0.1, 0.15) is 5.41 Å². The Hall–Kier alpha value is -1.06. The molecule has 1 fully saturated rings. The van der Waals surface area contributed by atoms with E-state index in [2.05, 4.69) is 19.2 Å². The number of rotatable bonds is 3. The smallest absolute Gasteiger partial charge is 0.319 e. The van der Waals surface area contributed by atoms with Crippen molar-refractivity contribution in [2.45, 2.75) is 40.0 Å². The summed E-state index contributed by atoms with van der Waals surface area (Å²) in [5, 5.41) is 11.9. The molecule has 1 saturated carbocycles. The Balaban J connectivity index is 2.98. The van der Waals surface area contributed by atoms with E-state index in [4.69, 9.17) is 0 Å². The first-order chi connectivity index (χ1) is 7.82. The maximum Gasteiger partial charge on any atom is 0.319 e. The Kier molecular flexibility index (Phi) is 4.17. The van der Waals surface area contributed by atoms with Crippen LogP contribution in [0.5, 0.6) is 0 Å². The van der Waals surface area contributed by atoms with E-state index in [0.29, 0.717) is 11.8 Å². The maximum atomic E-state index is 11.9. The molecule has 0 aromatic carbocycles. The van der Waals surface area contributed by atoms with Gasteiger partial charge in [-0.15, -0.1) is 0 Å². The van der Waals surface area contributed by atoms with E-state index < -0.39 is 11.4 Å². The monoisotopic (exact) mass is 241 g/mol. The van der Waals surface area contributed by atoms with Gasteiger partial charge in [0.25, 0.3) is 0 Å². The van der Waals surface area contributed by atoms with Gasteiger partial charge in [-0.25, -0.2) is 0 Å². The number of carboxylic acid groups (broad SMARTS) is 1. The molecule has 17 heavy (non-hydrogen) atoms. The van der Waals surface area contributed by atoms with Gasteiger partial charge in [0.15, 0.2) is 0 Å². The van der Waals surface area contributed by atoms with Crippen molar-refractivity contribution >= 4 is 11.9 Å². The molecule has 98 valence electrons. The molecule has 0 saturated heterocycles. The van der Waals surface area contributed by atoms with E-state index in [1.54, 1.807) is 6.92 Å². The van der Waals surface area contributed by atoms with E-state index >= 15 is 0 Å². The Bertz CT molecular complexity index is 306. The van der Waals surface area contributed by atoms with Gasteiger partial charge >= 0.3 is 5.97 Å². The lowest BCUT2D eigenvalue weighted by Crippen LogP contribution is -2.50. The largest absolute Gasteiger partial charge is 0.480 e. The van der Waals surface area contributed by atoms with Crippen molar-refractivity contribution < 1.29 is 14.7 Å². The van der Waals surface area contributed by atoms with Crippen LogP contribution in [0.25, 0.3) is 0 Å². The predicted octanol–water partition coefficient (Wildman–Crippen LogP) is 1.90. The van der Waals surface area contributed by atoms with E-state index in [1.165, 1.54) is 7.05 Å². The summed E-state index contributed by atoms with van der Waals surface area (Å²) >= 11 is 0. The molecule has 0 aliphatic heterocycles. The van der Waals surface area contributed by atoms with E-state index in [9.17, 15) is 14.7 Å². The van der Waals surface area contributed by atoms with Gasteiger partial charge in [0.2, 0.25) is 5.91 Å². The second-order valence-corrected chi connectivity index (χ2v) is 5.70. The fourth-order valence-electron chi connectivity index (χ4n) is 3.14. The zero-order valence-corrected chi connectivity index (χ0v) is 11.1. The lowest BCUT2D eigenvalue weighted by Gasteiger charge is -2.39. The SMILES string of the molecule is CNC(=O)C(C)(C(=O)O)C1CC(C)CC(C)C1. The van der Waals surface area contributed by atoms with Gasteiger partial charge < -0.3 is 10.4 Å². The minimum atomic E-state index is -1.29. The van der Waals surface area contributed by atoms with Gasteiger partial charge in [-0.05, 0) is 43.9 Å². The van der Waals surface area contributed by atoms with Crippen molar-refractivity contribution in [3.05, 3.63) is 0 Å². The van der Waals surface area contributed by atoms with Crippen LogP contribution in [0, 0.1) is 23.2 Å². The Morgan fingerprint density at radius 2 is 1.65 bits per heavy atom. The number of hydrogen-bond donors (Lipinski definition) is 2. The molecule has 4 heteroatoms. The van der Waals surface area contributed by atoms with Gasteiger partial charge in [-0.3, -0.25) is 9.59 Å². The van der Waals surface area contributed by atoms with Crippen LogP contribution >= 0.6 is 0 Å². The highest BCUT2D eigenvalue weighted by Crippen LogP contribution is 2.43. The lowest BCUT2D eigenvalue weighted by molar-refractivity contribution is -0.160. The second-order valence-electron chi connectivity index (χ2n) is 5.70. The van der Waals surface area contributed by atoms with E-state index in [-0.39, 0.29) is 11.8 Å². The van der Waals surface area contributed by atoms with Crippen molar-refractivity contribution in [3.8, 4) is 0 Å². The van der Waals surface area contributed by atoms with Crippen LogP contribution in [0.2, 0.25) is 0 Å². The van der Waals surface area contributed by atoms with Crippen molar-refractivity contribution in [2.75, 3.05) is 7.05 Å².